The molecule has 1 saturated carbocycles. The Morgan fingerprint density at radius 1 is 1.35 bits per heavy atom. The number of imidazole rings is 1. The highest BCUT2D eigenvalue weighted by Gasteiger charge is 2.30. The molecule has 2 N–H and O–H groups in total. The molecular weight excluding hydrogens is 273 g/mol. The smallest absolute Gasteiger partial charge is 0.132 e. The van der Waals surface area contributed by atoms with E-state index in [0.29, 0.717) is 6.04 Å². The Morgan fingerprint density at radius 2 is 2.20 bits per heavy atom. The van der Waals surface area contributed by atoms with Gasteiger partial charge in [-0.15, -0.1) is 11.3 Å². The second kappa shape index (κ2) is 4.40. The predicted octanol–water partition coefficient (Wildman–Crippen LogP) is 3.62. The molecule has 3 nitrogen and oxygen atoms in total. The molecule has 20 heavy (non-hydrogen) atoms. The minimum absolute atomic E-state index is 0.226. The number of nitrogens with two attached hydrogens (primary N) is 1. The summed E-state index contributed by atoms with van der Waals surface area (Å²) in [5, 5.41) is 2.01. The van der Waals surface area contributed by atoms with Gasteiger partial charge in [-0.3, -0.25) is 0 Å². The van der Waals surface area contributed by atoms with E-state index < -0.39 is 0 Å². The highest BCUT2D eigenvalue weighted by Crippen LogP contribution is 2.40. The fraction of sp³-hybridized carbons (Fsp3) is 0.267. The topological polar surface area (TPSA) is 43.8 Å². The Hall–Kier alpha value is -1.72. The number of rotatable bonds is 3. The highest BCUT2D eigenvalue weighted by atomic mass is 32.1. The Balaban J connectivity index is 1.92. The van der Waals surface area contributed by atoms with Crippen LogP contribution >= 0.6 is 11.3 Å². The normalized spacial score (nSPS) is 16.7. The molecule has 0 aliphatic heterocycles. The lowest BCUT2D eigenvalue weighted by atomic mass is 10.2. The van der Waals surface area contributed by atoms with E-state index in [0.717, 1.165) is 34.6 Å². The molecule has 0 bridgehead atoms. The molecule has 0 spiro atoms. The van der Waals surface area contributed by atoms with E-state index in [4.69, 9.17) is 5.73 Å². The van der Waals surface area contributed by atoms with Crippen molar-refractivity contribution in [1.82, 2.24) is 9.55 Å². The van der Waals surface area contributed by atoms with Crippen molar-refractivity contribution in [2.75, 3.05) is 0 Å². The molecule has 3 aromatic rings. The van der Waals surface area contributed by atoms with Crippen molar-refractivity contribution >= 4 is 22.4 Å². The van der Waals surface area contributed by atoms with Crippen molar-refractivity contribution in [1.29, 1.82) is 0 Å². The number of thiophene rings is 1. The molecular formula is C15H14FN3S. The maximum absolute atomic E-state index is 13.5. The lowest BCUT2D eigenvalue weighted by Crippen LogP contribution is -2.16. The van der Waals surface area contributed by atoms with Gasteiger partial charge in [-0.05, 0) is 42.5 Å². The molecule has 2 heterocycles. The summed E-state index contributed by atoms with van der Waals surface area (Å²) >= 11 is 1.63. The molecule has 4 rings (SSSR count). The summed E-state index contributed by atoms with van der Waals surface area (Å²) in [6.45, 7) is 0. The molecule has 1 aliphatic rings. The number of hydrogen-bond donors (Lipinski definition) is 1. The number of aromatic nitrogens is 2. The second-order valence-corrected chi connectivity index (χ2v) is 6.18. The first-order chi connectivity index (χ1) is 9.74. The highest BCUT2D eigenvalue weighted by molar-refractivity contribution is 7.10. The third kappa shape index (κ3) is 1.85. The van der Waals surface area contributed by atoms with Crippen LogP contribution in [-0.4, -0.2) is 9.55 Å². The average Bonchev–Trinajstić information content (AvgIpc) is 3.01. The molecule has 1 aliphatic carbocycles. The van der Waals surface area contributed by atoms with Crippen molar-refractivity contribution < 1.29 is 4.39 Å². The van der Waals surface area contributed by atoms with E-state index in [1.807, 2.05) is 17.5 Å². The number of fused-ring (bicyclic) bond motifs is 1. The van der Waals surface area contributed by atoms with Crippen LogP contribution in [0.2, 0.25) is 0 Å². The predicted molar refractivity (Wildman–Crippen MR) is 78.3 cm³/mol. The summed E-state index contributed by atoms with van der Waals surface area (Å²) in [5.41, 5.74) is 8.04. The lowest BCUT2D eigenvalue weighted by Gasteiger charge is -2.12. The standard InChI is InChI=1S/C15H14FN3S/c16-9-3-6-11-12(8-9)19(10-4-5-10)15(18-11)14(17)13-2-1-7-20-13/h1-3,6-8,10,14H,4-5,17H2. The molecule has 1 fully saturated rings. The molecule has 1 unspecified atom stereocenters. The summed E-state index contributed by atoms with van der Waals surface area (Å²) in [5.74, 6) is 0.617. The van der Waals surface area contributed by atoms with Crippen molar-refractivity contribution in [2.45, 2.75) is 24.9 Å². The largest absolute Gasteiger partial charge is 0.323 e. The monoisotopic (exact) mass is 287 g/mol. The van der Waals surface area contributed by atoms with E-state index in [1.165, 1.54) is 6.07 Å². The molecule has 2 aromatic heterocycles. The van der Waals surface area contributed by atoms with E-state index in [2.05, 4.69) is 9.55 Å². The Kier molecular flexibility index (Phi) is 2.65. The van der Waals surface area contributed by atoms with Gasteiger partial charge in [0.15, 0.2) is 0 Å². The minimum atomic E-state index is -0.244. The van der Waals surface area contributed by atoms with Gasteiger partial charge in [-0.1, -0.05) is 6.07 Å². The summed E-state index contributed by atoms with van der Waals surface area (Å²) in [6, 6.07) is 8.93. The van der Waals surface area contributed by atoms with Crippen LogP contribution in [-0.2, 0) is 0 Å². The fourth-order valence-electron chi connectivity index (χ4n) is 2.62. The van der Waals surface area contributed by atoms with Crippen molar-refractivity contribution in [3.63, 3.8) is 0 Å². The Labute approximate surface area is 119 Å². The van der Waals surface area contributed by atoms with Crippen LogP contribution in [0.4, 0.5) is 4.39 Å². The van der Waals surface area contributed by atoms with Crippen LogP contribution in [0, 0.1) is 5.82 Å². The average molecular weight is 287 g/mol. The van der Waals surface area contributed by atoms with Gasteiger partial charge in [0.25, 0.3) is 0 Å². The quantitative estimate of drug-likeness (QED) is 0.799. The van der Waals surface area contributed by atoms with Gasteiger partial charge in [-0.25, -0.2) is 9.37 Å². The van der Waals surface area contributed by atoms with Crippen molar-refractivity contribution in [3.05, 3.63) is 52.2 Å². The van der Waals surface area contributed by atoms with Crippen LogP contribution < -0.4 is 5.73 Å². The Bertz CT molecular complexity index is 759. The zero-order valence-corrected chi connectivity index (χ0v) is 11.6. The molecule has 1 atom stereocenters. The number of hydrogen-bond acceptors (Lipinski definition) is 3. The number of benzene rings is 1. The van der Waals surface area contributed by atoms with Crippen molar-refractivity contribution in [3.8, 4) is 0 Å². The number of halogens is 1. The molecule has 0 amide bonds. The van der Waals surface area contributed by atoms with Gasteiger partial charge < -0.3 is 10.3 Å². The second-order valence-electron chi connectivity index (χ2n) is 5.20. The Morgan fingerprint density at radius 3 is 2.90 bits per heavy atom. The molecule has 5 heteroatoms. The van der Waals surface area contributed by atoms with Gasteiger partial charge in [0.2, 0.25) is 0 Å². The number of nitrogens with zero attached hydrogens (tertiary/aromatic N) is 2. The van der Waals surface area contributed by atoms with Crippen LogP contribution in [0.3, 0.4) is 0 Å². The first-order valence-corrected chi connectivity index (χ1v) is 7.58. The van der Waals surface area contributed by atoms with E-state index >= 15 is 0 Å². The maximum atomic E-state index is 13.5. The zero-order chi connectivity index (χ0) is 13.7. The SMILES string of the molecule is NC(c1cccs1)c1nc2ccc(F)cc2n1C1CC1. The van der Waals surface area contributed by atoms with Gasteiger partial charge in [0, 0.05) is 10.9 Å². The van der Waals surface area contributed by atoms with Crippen LogP contribution in [0.25, 0.3) is 11.0 Å². The molecule has 0 saturated heterocycles. The van der Waals surface area contributed by atoms with Crippen LogP contribution in [0.1, 0.15) is 35.6 Å². The third-order valence-corrected chi connectivity index (χ3v) is 4.67. The van der Waals surface area contributed by atoms with Crippen LogP contribution in [0.5, 0.6) is 0 Å². The summed E-state index contributed by atoms with van der Waals surface area (Å²) < 4.78 is 15.6. The summed E-state index contributed by atoms with van der Waals surface area (Å²) in [4.78, 5) is 5.73. The minimum Gasteiger partial charge on any atom is -0.323 e. The first-order valence-electron chi connectivity index (χ1n) is 6.70. The fourth-order valence-corrected chi connectivity index (χ4v) is 3.34. The third-order valence-electron chi connectivity index (χ3n) is 3.72. The van der Waals surface area contributed by atoms with E-state index in [9.17, 15) is 4.39 Å². The maximum Gasteiger partial charge on any atom is 0.132 e. The van der Waals surface area contributed by atoms with E-state index in [-0.39, 0.29) is 11.9 Å². The van der Waals surface area contributed by atoms with Gasteiger partial charge in [0.1, 0.15) is 11.6 Å². The molecule has 0 radical (unpaired) electrons. The zero-order valence-electron chi connectivity index (χ0n) is 10.8. The molecule has 102 valence electrons. The first kappa shape index (κ1) is 12.1. The molecule has 1 aromatic carbocycles. The van der Waals surface area contributed by atoms with Gasteiger partial charge in [-0.2, -0.15) is 0 Å². The summed E-state index contributed by atoms with van der Waals surface area (Å²) in [7, 11) is 0. The van der Waals surface area contributed by atoms with Crippen LogP contribution in [0.15, 0.2) is 35.7 Å². The van der Waals surface area contributed by atoms with E-state index in [1.54, 1.807) is 23.5 Å². The van der Waals surface area contributed by atoms with Crippen molar-refractivity contribution in [2.24, 2.45) is 5.73 Å². The van der Waals surface area contributed by atoms with Gasteiger partial charge >= 0.3 is 0 Å². The summed E-state index contributed by atoms with van der Waals surface area (Å²) in [6.07, 6.45) is 2.23. The van der Waals surface area contributed by atoms with Gasteiger partial charge in [0.05, 0.1) is 17.1 Å². The lowest BCUT2D eigenvalue weighted by molar-refractivity contribution is 0.625.